The van der Waals surface area contributed by atoms with Gasteiger partial charge in [-0.15, -0.1) is 11.3 Å². The highest BCUT2D eigenvalue weighted by atomic mass is 35.5. The van der Waals surface area contributed by atoms with Crippen molar-refractivity contribution in [3.8, 4) is 0 Å². The number of thiophene rings is 1. The Hall–Kier alpha value is -0.0300. The number of fused-ring (bicyclic) bond motifs is 1. The smallest absolute Gasteiger partial charge is 0.262 e. The Balaban J connectivity index is 2.60. The van der Waals surface area contributed by atoms with Gasteiger partial charge in [-0.1, -0.05) is 0 Å². The van der Waals surface area contributed by atoms with E-state index in [9.17, 15) is 9.59 Å². The first-order valence-corrected chi connectivity index (χ1v) is 6.46. The van der Waals surface area contributed by atoms with Gasteiger partial charge in [0.15, 0.2) is 0 Å². The van der Waals surface area contributed by atoms with Gasteiger partial charge in [-0.2, -0.15) is 11.8 Å². The fraction of sp³-hybridized carbons (Fsp3) is 0.250. The fourth-order valence-electron chi connectivity index (χ4n) is 1.38. The Morgan fingerprint density at radius 2 is 1.43 bits per heavy atom. The zero-order valence-corrected chi connectivity index (χ0v) is 9.95. The molecule has 0 amide bonds. The molecule has 74 valence electrons. The zero-order chi connectivity index (χ0) is 10.3. The Morgan fingerprint density at radius 3 is 1.79 bits per heavy atom. The molecule has 2 rings (SSSR count). The molecule has 1 aromatic heterocycles. The number of hydrogen-bond donors (Lipinski definition) is 0. The lowest BCUT2D eigenvalue weighted by Gasteiger charge is -1.90. The minimum atomic E-state index is -0.502. The minimum absolute atomic E-state index is 0.468. The van der Waals surface area contributed by atoms with E-state index in [-0.39, 0.29) is 0 Å². The van der Waals surface area contributed by atoms with E-state index in [4.69, 9.17) is 23.2 Å². The van der Waals surface area contributed by atoms with Gasteiger partial charge >= 0.3 is 0 Å². The van der Waals surface area contributed by atoms with Crippen molar-refractivity contribution < 1.29 is 9.59 Å². The van der Waals surface area contributed by atoms with Crippen LogP contribution in [0, 0.1) is 0 Å². The van der Waals surface area contributed by atoms with E-state index in [1.807, 2.05) is 0 Å². The van der Waals surface area contributed by atoms with E-state index in [0.717, 1.165) is 34.0 Å². The highest BCUT2D eigenvalue weighted by Crippen LogP contribution is 2.41. The van der Waals surface area contributed by atoms with Crippen molar-refractivity contribution in [1.82, 2.24) is 0 Å². The number of halogens is 2. The summed E-state index contributed by atoms with van der Waals surface area (Å²) < 4.78 is 0. The first kappa shape index (κ1) is 10.5. The highest BCUT2D eigenvalue weighted by molar-refractivity contribution is 7.98. The van der Waals surface area contributed by atoms with Crippen LogP contribution >= 0.6 is 46.3 Å². The third-order valence-electron chi connectivity index (χ3n) is 1.97. The molecule has 0 N–H and O–H groups in total. The molecule has 14 heavy (non-hydrogen) atoms. The van der Waals surface area contributed by atoms with Crippen molar-refractivity contribution >= 4 is 56.8 Å². The minimum Gasteiger partial charge on any atom is -0.275 e. The first-order chi connectivity index (χ1) is 6.61. The Bertz CT molecular complexity index is 389. The molecule has 2 nitrogen and oxygen atoms in total. The summed E-state index contributed by atoms with van der Waals surface area (Å²) in [6.45, 7) is 0. The van der Waals surface area contributed by atoms with Crippen LogP contribution in [0.1, 0.15) is 30.5 Å². The molecular formula is C8H4Cl2O2S2. The lowest BCUT2D eigenvalue weighted by molar-refractivity contribution is 0.107. The summed E-state index contributed by atoms with van der Waals surface area (Å²) in [4.78, 5) is 23.0. The van der Waals surface area contributed by atoms with Crippen LogP contribution in [0.3, 0.4) is 0 Å². The third kappa shape index (κ3) is 1.60. The van der Waals surface area contributed by atoms with Crippen LogP contribution < -0.4 is 0 Å². The van der Waals surface area contributed by atoms with Crippen LogP contribution in [0.15, 0.2) is 0 Å². The molecule has 0 unspecified atom stereocenters. The summed E-state index contributed by atoms with van der Waals surface area (Å²) in [6, 6.07) is 0. The van der Waals surface area contributed by atoms with Gasteiger partial charge < -0.3 is 0 Å². The molecule has 0 aromatic carbocycles. The number of carbonyl (C=O) groups is 2. The molecule has 2 heterocycles. The maximum absolute atomic E-state index is 11.1. The standard InChI is InChI=1S/C8H4Cl2O2S2/c9-7(11)5-3-1-13-2-4(3)6(14-5)8(10)12/h1-2H2. The molecule has 0 spiro atoms. The summed E-state index contributed by atoms with van der Waals surface area (Å²) in [7, 11) is 0. The lowest BCUT2D eigenvalue weighted by Crippen LogP contribution is -1.89. The van der Waals surface area contributed by atoms with Crippen LogP contribution in [-0.2, 0) is 11.5 Å². The fourth-order valence-corrected chi connectivity index (χ4v) is 4.17. The van der Waals surface area contributed by atoms with Crippen molar-refractivity contribution in [2.45, 2.75) is 11.5 Å². The molecule has 1 aliphatic heterocycles. The first-order valence-electron chi connectivity index (χ1n) is 3.73. The van der Waals surface area contributed by atoms with Crippen molar-refractivity contribution in [3.63, 3.8) is 0 Å². The summed E-state index contributed by atoms with van der Waals surface area (Å²) in [5, 5.41) is -1.00. The lowest BCUT2D eigenvalue weighted by atomic mass is 10.1. The highest BCUT2D eigenvalue weighted by Gasteiger charge is 2.27. The van der Waals surface area contributed by atoms with E-state index in [2.05, 4.69) is 0 Å². The van der Waals surface area contributed by atoms with Gasteiger partial charge in [0, 0.05) is 11.5 Å². The van der Waals surface area contributed by atoms with E-state index in [1.54, 1.807) is 11.8 Å². The van der Waals surface area contributed by atoms with Crippen LogP contribution in [0.25, 0.3) is 0 Å². The Morgan fingerprint density at radius 1 is 1.00 bits per heavy atom. The summed E-state index contributed by atoms with van der Waals surface area (Å²) in [6.07, 6.45) is 0. The van der Waals surface area contributed by atoms with Gasteiger partial charge in [0.1, 0.15) is 0 Å². The molecule has 1 aliphatic rings. The van der Waals surface area contributed by atoms with E-state index >= 15 is 0 Å². The molecule has 0 radical (unpaired) electrons. The van der Waals surface area contributed by atoms with Crippen molar-refractivity contribution in [3.05, 3.63) is 20.9 Å². The maximum atomic E-state index is 11.1. The quantitative estimate of drug-likeness (QED) is 0.771. The van der Waals surface area contributed by atoms with Crippen LogP contribution in [-0.4, -0.2) is 10.5 Å². The molecule has 0 aliphatic carbocycles. The number of carbonyl (C=O) groups excluding carboxylic acids is 2. The monoisotopic (exact) mass is 266 g/mol. The predicted octanol–water partition coefficient (Wildman–Crippen LogP) is 3.25. The van der Waals surface area contributed by atoms with Crippen molar-refractivity contribution in [1.29, 1.82) is 0 Å². The zero-order valence-electron chi connectivity index (χ0n) is 6.80. The summed E-state index contributed by atoms with van der Waals surface area (Å²) in [5.74, 6) is 1.48. The van der Waals surface area contributed by atoms with E-state index < -0.39 is 10.5 Å². The largest absolute Gasteiger partial charge is 0.275 e. The average molecular weight is 267 g/mol. The molecule has 0 saturated heterocycles. The van der Waals surface area contributed by atoms with Gasteiger partial charge in [-0.3, -0.25) is 9.59 Å². The number of thioether (sulfide) groups is 1. The molecule has 1 aromatic rings. The predicted molar refractivity (Wildman–Crippen MR) is 59.7 cm³/mol. The number of hydrogen-bond acceptors (Lipinski definition) is 4. The summed E-state index contributed by atoms with van der Waals surface area (Å²) in [5.41, 5.74) is 1.79. The topological polar surface area (TPSA) is 34.1 Å². The van der Waals surface area contributed by atoms with Gasteiger partial charge in [0.2, 0.25) is 0 Å². The normalized spacial score (nSPS) is 14.1. The van der Waals surface area contributed by atoms with Gasteiger partial charge in [-0.05, 0) is 34.3 Å². The molecule has 6 heteroatoms. The van der Waals surface area contributed by atoms with Crippen LogP contribution in [0.4, 0.5) is 0 Å². The molecule has 0 fully saturated rings. The van der Waals surface area contributed by atoms with Gasteiger partial charge in [0.25, 0.3) is 10.5 Å². The van der Waals surface area contributed by atoms with Crippen LogP contribution in [0.2, 0.25) is 0 Å². The molecule has 0 atom stereocenters. The van der Waals surface area contributed by atoms with E-state index in [1.165, 1.54) is 0 Å². The third-order valence-corrected chi connectivity index (χ3v) is 4.83. The number of rotatable bonds is 2. The SMILES string of the molecule is O=C(Cl)c1sc(C(=O)Cl)c2c1CSC2. The Labute approximate surface area is 98.6 Å². The van der Waals surface area contributed by atoms with Gasteiger partial charge in [0.05, 0.1) is 9.75 Å². The van der Waals surface area contributed by atoms with Crippen LogP contribution in [0.5, 0.6) is 0 Å². The maximum Gasteiger partial charge on any atom is 0.262 e. The summed E-state index contributed by atoms with van der Waals surface area (Å²) >= 11 is 13.6. The Kier molecular flexibility index (Phi) is 2.88. The van der Waals surface area contributed by atoms with Crippen molar-refractivity contribution in [2.75, 3.05) is 0 Å². The second-order valence-corrected chi connectivity index (χ2v) is 5.45. The second kappa shape index (κ2) is 3.85. The average Bonchev–Trinajstić information content (AvgIpc) is 2.59. The van der Waals surface area contributed by atoms with Crippen molar-refractivity contribution in [2.24, 2.45) is 0 Å². The molecular weight excluding hydrogens is 263 g/mol. The van der Waals surface area contributed by atoms with Gasteiger partial charge in [-0.25, -0.2) is 0 Å². The van der Waals surface area contributed by atoms with E-state index in [0.29, 0.717) is 9.75 Å². The second-order valence-electron chi connectivity index (χ2n) is 2.76. The molecule has 0 saturated carbocycles. The molecule has 0 bridgehead atoms.